The Balaban J connectivity index is 2.40. The van der Waals surface area contributed by atoms with Crippen molar-refractivity contribution in [1.82, 2.24) is 4.31 Å². The Labute approximate surface area is 125 Å². The zero-order chi connectivity index (χ0) is 15.6. The Morgan fingerprint density at radius 1 is 1.33 bits per heavy atom. The first-order valence-corrected chi connectivity index (χ1v) is 9.05. The maximum Gasteiger partial charge on any atom is 0.335 e. The van der Waals surface area contributed by atoms with E-state index < -0.39 is 26.8 Å². The minimum Gasteiger partial charge on any atom is -0.495 e. The van der Waals surface area contributed by atoms with Crippen LogP contribution in [0.4, 0.5) is 0 Å². The second kappa shape index (κ2) is 6.12. The molecular formula is C12H15NO6S2. The molecule has 0 bridgehead atoms. The summed E-state index contributed by atoms with van der Waals surface area (Å²) in [4.78, 5) is 10.8. The Bertz CT molecular complexity index is 675. The van der Waals surface area contributed by atoms with Crippen molar-refractivity contribution in [2.24, 2.45) is 0 Å². The minimum absolute atomic E-state index is 0.0124. The van der Waals surface area contributed by atoms with Crippen LogP contribution in [0.1, 0.15) is 10.4 Å². The van der Waals surface area contributed by atoms with Gasteiger partial charge in [0.05, 0.1) is 12.7 Å². The van der Waals surface area contributed by atoms with Crippen LogP contribution in [-0.2, 0) is 20.8 Å². The molecule has 0 unspecified atom stereocenters. The minimum atomic E-state index is -3.79. The van der Waals surface area contributed by atoms with E-state index >= 15 is 0 Å². The number of aromatic carboxylic acids is 1. The van der Waals surface area contributed by atoms with Gasteiger partial charge in [-0.25, -0.2) is 13.2 Å². The third kappa shape index (κ3) is 3.25. The number of methoxy groups -OCH3 is 1. The molecule has 1 aromatic carbocycles. The number of nitrogens with zero attached hydrogens (tertiary/aromatic N) is 1. The van der Waals surface area contributed by atoms with Gasteiger partial charge in [0, 0.05) is 35.4 Å². The number of carbonyl (C=O) groups is 1. The highest BCUT2D eigenvalue weighted by atomic mass is 32.2. The van der Waals surface area contributed by atoms with Crippen LogP contribution in [0, 0.1) is 0 Å². The van der Waals surface area contributed by atoms with Gasteiger partial charge < -0.3 is 9.84 Å². The molecule has 21 heavy (non-hydrogen) atoms. The van der Waals surface area contributed by atoms with Crippen LogP contribution in [0.25, 0.3) is 0 Å². The van der Waals surface area contributed by atoms with Gasteiger partial charge in [0.2, 0.25) is 10.0 Å². The molecule has 1 heterocycles. The summed E-state index contributed by atoms with van der Waals surface area (Å²) < 4.78 is 42.7. The van der Waals surface area contributed by atoms with Crippen LogP contribution in [0.2, 0.25) is 0 Å². The van der Waals surface area contributed by atoms with E-state index in [0.717, 1.165) is 0 Å². The molecule has 1 aliphatic rings. The Morgan fingerprint density at radius 3 is 2.48 bits per heavy atom. The summed E-state index contributed by atoms with van der Waals surface area (Å²) in [6.45, 7) is 0.359. The summed E-state index contributed by atoms with van der Waals surface area (Å²) in [6, 6.07) is 3.63. The van der Waals surface area contributed by atoms with Crippen LogP contribution in [-0.4, -0.2) is 59.7 Å². The molecule has 1 N–H and O–H groups in total. The highest BCUT2D eigenvalue weighted by Gasteiger charge is 2.30. The van der Waals surface area contributed by atoms with E-state index in [4.69, 9.17) is 9.84 Å². The summed E-state index contributed by atoms with van der Waals surface area (Å²) in [7, 11) is -3.49. The number of carboxylic acids is 1. The number of sulfonamides is 1. The monoisotopic (exact) mass is 333 g/mol. The van der Waals surface area contributed by atoms with Crippen molar-refractivity contribution in [3.05, 3.63) is 23.8 Å². The lowest BCUT2D eigenvalue weighted by Gasteiger charge is -2.26. The van der Waals surface area contributed by atoms with E-state index in [1.54, 1.807) is 0 Å². The van der Waals surface area contributed by atoms with Crippen molar-refractivity contribution in [2.45, 2.75) is 4.90 Å². The number of benzene rings is 1. The number of hydrogen-bond donors (Lipinski definition) is 1. The molecule has 0 amide bonds. The smallest absolute Gasteiger partial charge is 0.335 e. The maximum atomic E-state index is 12.6. The Hall–Kier alpha value is -1.45. The molecule has 1 saturated heterocycles. The number of carboxylic acid groups (broad SMARTS) is 1. The first-order valence-electron chi connectivity index (χ1n) is 6.12. The van der Waals surface area contributed by atoms with Crippen molar-refractivity contribution in [1.29, 1.82) is 0 Å². The van der Waals surface area contributed by atoms with Crippen molar-refractivity contribution < 1.29 is 27.3 Å². The molecule has 0 aliphatic carbocycles. The van der Waals surface area contributed by atoms with Crippen molar-refractivity contribution in [3.63, 3.8) is 0 Å². The van der Waals surface area contributed by atoms with Gasteiger partial charge >= 0.3 is 5.97 Å². The lowest BCUT2D eigenvalue weighted by Crippen LogP contribution is -2.41. The molecule has 2 rings (SSSR count). The van der Waals surface area contributed by atoms with Crippen molar-refractivity contribution in [3.8, 4) is 5.75 Å². The fourth-order valence-corrected chi connectivity index (χ4v) is 4.88. The van der Waals surface area contributed by atoms with Gasteiger partial charge in [0.1, 0.15) is 10.6 Å². The second-order valence-corrected chi connectivity index (χ2v) is 8.03. The lowest BCUT2D eigenvalue weighted by atomic mass is 10.2. The summed E-state index contributed by atoms with van der Waals surface area (Å²) >= 11 is 0. The highest BCUT2D eigenvalue weighted by molar-refractivity contribution is 7.89. The van der Waals surface area contributed by atoms with Gasteiger partial charge in [0.25, 0.3) is 0 Å². The van der Waals surface area contributed by atoms with Crippen LogP contribution in [0.5, 0.6) is 5.75 Å². The van der Waals surface area contributed by atoms with Gasteiger partial charge in [-0.3, -0.25) is 4.21 Å². The van der Waals surface area contributed by atoms with Crippen LogP contribution in [0.15, 0.2) is 23.1 Å². The van der Waals surface area contributed by atoms with E-state index in [2.05, 4.69) is 0 Å². The molecular weight excluding hydrogens is 318 g/mol. The Kier molecular flexibility index (Phi) is 4.64. The van der Waals surface area contributed by atoms with E-state index in [9.17, 15) is 17.4 Å². The number of ether oxygens (including phenoxy) is 1. The third-order valence-electron chi connectivity index (χ3n) is 3.17. The largest absolute Gasteiger partial charge is 0.495 e. The summed E-state index contributed by atoms with van der Waals surface area (Å²) in [5.41, 5.74) is -0.0504. The summed E-state index contributed by atoms with van der Waals surface area (Å²) in [5.74, 6) is -0.573. The summed E-state index contributed by atoms with van der Waals surface area (Å²) in [5, 5.41) is 8.93. The van der Waals surface area contributed by atoms with Crippen molar-refractivity contribution >= 4 is 26.8 Å². The molecule has 0 spiro atoms. The molecule has 7 nitrogen and oxygen atoms in total. The predicted octanol–water partition coefficient (Wildman–Crippen LogP) is 0.146. The number of hydrogen-bond acceptors (Lipinski definition) is 5. The number of rotatable bonds is 4. The van der Waals surface area contributed by atoms with E-state index in [-0.39, 0.29) is 29.3 Å². The molecule has 9 heteroatoms. The quantitative estimate of drug-likeness (QED) is 0.841. The molecule has 1 aromatic rings. The zero-order valence-corrected chi connectivity index (χ0v) is 12.9. The first kappa shape index (κ1) is 15.9. The van der Waals surface area contributed by atoms with Gasteiger partial charge in [-0.2, -0.15) is 4.31 Å². The van der Waals surface area contributed by atoms with Crippen LogP contribution in [0.3, 0.4) is 0 Å². The third-order valence-corrected chi connectivity index (χ3v) is 6.38. The van der Waals surface area contributed by atoms with Crippen molar-refractivity contribution in [2.75, 3.05) is 31.7 Å². The zero-order valence-electron chi connectivity index (χ0n) is 11.3. The van der Waals surface area contributed by atoms with Gasteiger partial charge in [-0.1, -0.05) is 0 Å². The summed E-state index contributed by atoms with van der Waals surface area (Å²) in [6.07, 6.45) is 0. The fourth-order valence-electron chi connectivity index (χ4n) is 2.01. The predicted molar refractivity (Wildman–Crippen MR) is 76.6 cm³/mol. The van der Waals surface area contributed by atoms with Gasteiger partial charge in [-0.15, -0.1) is 0 Å². The standard InChI is InChI=1S/C12H15NO6S2/c1-19-10-8-9(12(14)15)2-3-11(10)21(17,18)13-4-6-20(16)7-5-13/h2-3,8H,4-7H2,1H3,(H,14,15). The molecule has 116 valence electrons. The normalized spacial score (nSPS) is 17.6. The van der Waals surface area contributed by atoms with Gasteiger partial charge in [0.15, 0.2) is 0 Å². The fraction of sp³-hybridized carbons (Fsp3) is 0.417. The SMILES string of the molecule is COc1cc(C(=O)O)ccc1S(=O)(=O)N1CCS(=O)CC1. The van der Waals surface area contributed by atoms with E-state index in [1.165, 1.54) is 29.6 Å². The Morgan fingerprint density at radius 2 is 1.95 bits per heavy atom. The van der Waals surface area contributed by atoms with Crippen LogP contribution >= 0.6 is 0 Å². The topological polar surface area (TPSA) is 101 Å². The van der Waals surface area contributed by atoms with Gasteiger partial charge in [-0.05, 0) is 18.2 Å². The molecule has 1 fully saturated rings. The molecule has 1 aliphatic heterocycles. The first-order chi connectivity index (χ1) is 9.86. The lowest BCUT2D eigenvalue weighted by molar-refractivity contribution is 0.0696. The maximum absolute atomic E-state index is 12.6. The van der Waals surface area contributed by atoms with Crippen LogP contribution < -0.4 is 4.74 Å². The molecule has 0 atom stereocenters. The average molecular weight is 333 g/mol. The van der Waals surface area contributed by atoms with E-state index in [1.807, 2.05) is 0 Å². The molecule has 0 saturated carbocycles. The molecule has 0 aromatic heterocycles. The second-order valence-electron chi connectivity index (χ2n) is 4.42. The van der Waals surface area contributed by atoms with E-state index in [0.29, 0.717) is 11.5 Å². The molecule has 0 radical (unpaired) electrons. The highest BCUT2D eigenvalue weighted by Crippen LogP contribution is 2.28. The average Bonchev–Trinajstić information content (AvgIpc) is 2.46.